The zero-order valence-electron chi connectivity index (χ0n) is 13.4. The fraction of sp³-hybridized carbons (Fsp3) is 0.733. The van der Waals surface area contributed by atoms with E-state index in [1.165, 1.54) is 0 Å². The van der Waals surface area contributed by atoms with Crippen LogP contribution < -0.4 is 10.2 Å². The number of aromatic nitrogens is 2. The van der Waals surface area contributed by atoms with Crippen molar-refractivity contribution in [2.45, 2.75) is 40.3 Å². The Balaban J connectivity index is 2.45. The van der Waals surface area contributed by atoms with Crippen molar-refractivity contribution in [1.82, 2.24) is 15.3 Å². The van der Waals surface area contributed by atoms with Gasteiger partial charge in [0.1, 0.15) is 5.82 Å². The summed E-state index contributed by atoms with van der Waals surface area (Å²) in [5.74, 6) is 1.53. The predicted octanol–water partition coefficient (Wildman–Crippen LogP) is 2.08. The molecule has 0 amide bonds. The number of hydrogen-bond acceptors (Lipinski definition) is 5. The quantitative estimate of drug-likeness (QED) is 0.750. The van der Waals surface area contributed by atoms with E-state index in [0.29, 0.717) is 12.5 Å². The van der Waals surface area contributed by atoms with E-state index in [-0.39, 0.29) is 6.10 Å². The highest BCUT2D eigenvalue weighted by atomic mass is 16.5. The van der Waals surface area contributed by atoms with Crippen LogP contribution in [0.2, 0.25) is 0 Å². The van der Waals surface area contributed by atoms with Crippen LogP contribution in [0, 0.1) is 5.92 Å². The number of nitrogens with zero attached hydrogens (tertiary/aromatic N) is 3. The summed E-state index contributed by atoms with van der Waals surface area (Å²) < 4.78 is 5.55. The molecule has 5 heteroatoms. The molecule has 1 rings (SSSR count). The minimum Gasteiger partial charge on any atom is -0.377 e. The molecule has 0 saturated heterocycles. The summed E-state index contributed by atoms with van der Waals surface area (Å²) in [5, 5.41) is 3.38. The molecule has 1 aromatic rings. The normalized spacial score (nSPS) is 11.3. The second kappa shape index (κ2) is 8.87. The molecule has 20 heavy (non-hydrogen) atoms. The molecule has 0 aliphatic rings. The maximum absolute atomic E-state index is 5.55. The molecule has 0 bridgehead atoms. The Bertz CT molecular complexity index is 382. The first-order valence-corrected chi connectivity index (χ1v) is 7.33. The molecule has 1 aromatic heterocycles. The van der Waals surface area contributed by atoms with Gasteiger partial charge in [0, 0.05) is 26.3 Å². The molecule has 0 atom stereocenters. The van der Waals surface area contributed by atoms with E-state index in [2.05, 4.69) is 34.0 Å². The van der Waals surface area contributed by atoms with Crippen LogP contribution in [-0.4, -0.2) is 42.8 Å². The van der Waals surface area contributed by atoms with Gasteiger partial charge in [0.05, 0.1) is 24.6 Å². The predicted molar refractivity (Wildman–Crippen MR) is 82.9 cm³/mol. The van der Waals surface area contributed by atoms with E-state index in [1.54, 1.807) is 6.20 Å². The summed E-state index contributed by atoms with van der Waals surface area (Å²) in [6.07, 6.45) is 3.87. The van der Waals surface area contributed by atoms with Crippen LogP contribution in [0.25, 0.3) is 0 Å². The summed E-state index contributed by atoms with van der Waals surface area (Å²) >= 11 is 0. The number of anilines is 1. The molecular formula is C15H28N4O. The first-order valence-electron chi connectivity index (χ1n) is 7.33. The van der Waals surface area contributed by atoms with Crippen molar-refractivity contribution in [2.75, 3.05) is 31.6 Å². The molecule has 5 nitrogen and oxygen atoms in total. The first-order chi connectivity index (χ1) is 9.49. The van der Waals surface area contributed by atoms with Crippen molar-refractivity contribution in [3.63, 3.8) is 0 Å². The number of likely N-dealkylation sites (N-methyl/N-ethyl adjacent to an activating group) is 1. The fourth-order valence-corrected chi connectivity index (χ4v) is 1.69. The van der Waals surface area contributed by atoms with E-state index in [1.807, 2.05) is 27.1 Å². The zero-order valence-corrected chi connectivity index (χ0v) is 13.4. The van der Waals surface area contributed by atoms with Gasteiger partial charge in [-0.15, -0.1) is 0 Å². The van der Waals surface area contributed by atoms with Crippen LogP contribution in [0.5, 0.6) is 0 Å². The van der Waals surface area contributed by atoms with Crippen LogP contribution in [-0.2, 0) is 11.3 Å². The van der Waals surface area contributed by atoms with Gasteiger partial charge in [-0.2, -0.15) is 0 Å². The highest BCUT2D eigenvalue weighted by Crippen LogP contribution is 2.07. The SMILES string of the molecule is CC(C)CNCc1cncc(N(C)CCOC(C)C)n1. The Morgan fingerprint density at radius 2 is 2.00 bits per heavy atom. The second-order valence-electron chi connectivity index (χ2n) is 5.73. The Morgan fingerprint density at radius 3 is 2.65 bits per heavy atom. The molecule has 0 saturated carbocycles. The topological polar surface area (TPSA) is 50.3 Å². The smallest absolute Gasteiger partial charge is 0.147 e. The molecule has 0 unspecified atom stereocenters. The van der Waals surface area contributed by atoms with Crippen molar-refractivity contribution in [1.29, 1.82) is 0 Å². The third-order valence-corrected chi connectivity index (χ3v) is 2.80. The van der Waals surface area contributed by atoms with Gasteiger partial charge in [-0.3, -0.25) is 4.98 Å². The molecule has 0 aliphatic carbocycles. The number of rotatable bonds is 9. The van der Waals surface area contributed by atoms with Crippen LogP contribution in [0.1, 0.15) is 33.4 Å². The molecular weight excluding hydrogens is 252 g/mol. The Kier molecular flexibility index (Phi) is 7.47. The van der Waals surface area contributed by atoms with E-state index >= 15 is 0 Å². The van der Waals surface area contributed by atoms with Gasteiger partial charge in [-0.05, 0) is 26.3 Å². The molecule has 1 heterocycles. The molecule has 0 fully saturated rings. The van der Waals surface area contributed by atoms with E-state index in [4.69, 9.17) is 4.74 Å². The van der Waals surface area contributed by atoms with Gasteiger partial charge in [-0.1, -0.05) is 13.8 Å². The largest absolute Gasteiger partial charge is 0.377 e. The summed E-state index contributed by atoms with van der Waals surface area (Å²) in [5.41, 5.74) is 0.972. The number of hydrogen-bond donors (Lipinski definition) is 1. The third kappa shape index (κ3) is 6.82. The molecule has 0 radical (unpaired) electrons. The monoisotopic (exact) mass is 280 g/mol. The van der Waals surface area contributed by atoms with Crippen molar-refractivity contribution in [3.8, 4) is 0 Å². The molecule has 0 spiro atoms. The summed E-state index contributed by atoms with van der Waals surface area (Å²) in [4.78, 5) is 10.9. The standard InChI is InChI=1S/C15H28N4O/c1-12(2)8-16-9-14-10-17-11-15(18-14)19(5)6-7-20-13(3)4/h10-13,16H,6-9H2,1-5H3. The third-order valence-electron chi connectivity index (χ3n) is 2.80. The number of nitrogens with one attached hydrogen (secondary N) is 1. The molecule has 0 aromatic carbocycles. The highest BCUT2D eigenvalue weighted by molar-refractivity contribution is 5.34. The van der Waals surface area contributed by atoms with E-state index < -0.39 is 0 Å². The average molecular weight is 280 g/mol. The molecule has 1 N–H and O–H groups in total. The van der Waals surface area contributed by atoms with Gasteiger partial charge in [0.25, 0.3) is 0 Å². The Hall–Kier alpha value is -1.20. The lowest BCUT2D eigenvalue weighted by Crippen LogP contribution is -2.26. The van der Waals surface area contributed by atoms with Crippen molar-refractivity contribution in [3.05, 3.63) is 18.1 Å². The minimum atomic E-state index is 0.265. The van der Waals surface area contributed by atoms with Crippen LogP contribution in [0.15, 0.2) is 12.4 Å². The van der Waals surface area contributed by atoms with Crippen LogP contribution >= 0.6 is 0 Å². The second-order valence-corrected chi connectivity index (χ2v) is 5.73. The highest BCUT2D eigenvalue weighted by Gasteiger charge is 2.05. The summed E-state index contributed by atoms with van der Waals surface area (Å²) in [6, 6.07) is 0. The van der Waals surface area contributed by atoms with Gasteiger partial charge >= 0.3 is 0 Å². The lowest BCUT2D eigenvalue weighted by molar-refractivity contribution is 0.0845. The lowest BCUT2D eigenvalue weighted by Gasteiger charge is -2.19. The van der Waals surface area contributed by atoms with Crippen LogP contribution in [0.3, 0.4) is 0 Å². The summed E-state index contributed by atoms with van der Waals surface area (Å²) in [7, 11) is 2.01. The molecule has 114 valence electrons. The van der Waals surface area contributed by atoms with Gasteiger partial charge in [0.15, 0.2) is 0 Å². The first kappa shape index (κ1) is 16.9. The maximum atomic E-state index is 5.55. The zero-order chi connectivity index (χ0) is 15.0. The van der Waals surface area contributed by atoms with Crippen LogP contribution in [0.4, 0.5) is 5.82 Å². The Labute approximate surface area is 122 Å². The van der Waals surface area contributed by atoms with E-state index in [9.17, 15) is 0 Å². The maximum Gasteiger partial charge on any atom is 0.147 e. The van der Waals surface area contributed by atoms with Crippen molar-refractivity contribution >= 4 is 5.82 Å². The fourth-order valence-electron chi connectivity index (χ4n) is 1.69. The van der Waals surface area contributed by atoms with Gasteiger partial charge in [-0.25, -0.2) is 4.98 Å². The number of ether oxygens (including phenoxy) is 1. The van der Waals surface area contributed by atoms with Gasteiger partial charge < -0.3 is 15.0 Å². The Morgan fingerprint density at radius 1 is 1.25 bits per heavy atom. The average Bonchev–Trinajstić information content (AvgIpc) is 2.38. The molecule has 0 aliphatic heterocycles. The van der Waals surface area contributed by atoms with Crippen molar-refractivity contribution in [2.24, 2.45) is 5.92 Å². The van der Waals surface area contributed by atoms with E-state index in [0.717, 1.165) is 31.1 Å². The summed E-state index contributed by atoms with van der Waals surface area (Å²) in [6.45, 7) is 11.7. The lowest BCUT2D eigenvalue weighted by atomic mass is 10.2. The van der Waals surface area contributed by atoms with Gasteiger partial charge in [0.2, 0.25) is 0 Å². The van der Waals surface area contributed by atoms with Crippen molar-refractivity contribution < 1.29 is 4.74 Å². The minimum absolute atomic E-state index is 0.265.